The number of rotatable bonds is 2. The van der Waals surface area contributed by atoms with Crippen molar-refractivity contribution < 1.29 is 4.74 Å². The maximum absolute atomic E-state index is 5.93. The van der Waals surface area contributed by atoms with Gasteiger partial charge in [-0.2, -0.15) is 0 Å². The first-order valence-corrected chi connectivity index (χ1v) is 4.62. The third kappa shape index (κ3) is 2.06. The molecular formula is C12H8ClO. The predicted octanol–water partition coefficient (Wildman–Crippen LogP) is 3.93. The topological polar surface area (TPSA) is 9.23 Å². The molecule has 0 aliphatic heterocycles. The predicted molar refractivity (Wildman–Crippen MR) is 56.8 cm³/mol. The van der Waals surface area contributed by atoms with Crippen LogP contribution in [0.4, 0.5) is 0 Å². The lowest BCUT2D eigenvalue weighted by Crippen LogP contribution is -1.83. The minimum absolute atomic E-state index is 0.590. The lowest BCUT2D eigenvalue weighted by atomic mass is 10.3. The first kappa shape index (κ1) is 9.10. The largest absolute Gasteiger partial charge is 0.456 e. The zero-order valence-electron chi connectivity index (χ0n) is 7.41. The number of benzene rings is 2. The van der Waals surface area contributed by atoms with Crippen molar-refractivity contribution in [2.75, 3.05) is 0 Å². The maximum Gasteiger partial charge on any atom is 0.146 e. The molecule has 0 heterocycles. The van der Waals surface area contributed by atoms with Gasteiger partial charge in [-0.3, -0.25) is 0 Å². The summed E-state index contributed by atoms with van der Waals surface area (Å²) in [4.78, 5) is 0. The van der Waals surface area contributed by atoms with Gasteiger partial charge in [-0.05, 0) is 30.3 Å². The summed E-state index contributed by atoms with van der Waals surface area (Å²) in [5, 5.41) is 0.590. The van der Waals surface area contributed by atoms with E-state index in [0.29, 0.717) is 10.8 Å². The van der Waals surface area contributed by atoms with E-state index in [4.69, 9.17) is 16.3 Å². The molecule has 0 spiro atoms. The van der Waals surface area contributed by atoms with Crippen LogP contribution < -0.4 is 4.74 Å². The van der Waals surface area contributed by atoms with Crippen molar-refractivity contribution in [1.29, 1.82) is 0 Å². The van der Waals surface area contributed by atoms with Crippen molar-refractivity contribution in [3.05, 3.63) is 59.6 Å². The van der Waals surface area contributed by atoms with Gasteiger partial charge in [-0.25, -0.2) is 0 Å². The molecule has 1 radical (unpaired) electrons. The van der Waals surface area contributed by atoms with Crippen molar-refractivity contribution in [3.8, 4) is 11.5 Å². The van der Waals surface area contributed by atoms with Crippen molar-refractivity contribution >= 4 is 11.6 Å². The van der Waals surface area contributed by atoms with Crippen LogP contribution in [-0.2, 0) is 0 Å². The first-order valence-electron chi connectivity index (χ1n) is 4.25. The molecule has 2 rings (SSSR count). The molecule has 0 N–H and O–H groups in total. The number of ether oxygens (including phenoxy) is 1. The fourth-order valence-electron chi connectivity index (χ4n) is 1.09. The van der Waals surface area contributed by atoms with Crippen molar-refractivity contribution in [1.82, 2.24) is 0 Å². The number of hydrogen-bond donors (Lipinski definition) is 0. The third-order valence-electron chi connectivity index (χ3n) is 1.75. The molecule has 2 aromatic carbocycles. The van der Waals surface area contributed by atoms with E-state index in [2.05, 4.69) is 6.07 Å². The van der Waals surface area contributed by atoms with Crippen LogP contribution in [0.15, 0.2) is 48.5 Å². The highest BCUT2D eigenvalue weighted by Crippen LogP contribution is 2.27. The Balaban J connectivity index is 2.24. The molecule has 0 aromatic heterocycles. The van der Waals surface area contributed by atoms with Gasteiger partial charge < -0.3 is 4.74 Å². The van der Waals surface area contributed by atoms with Crippen LogP contribution in [0, 0.1) is 6.07 Å². The average Bonchev–Trinajstić information content (AvgIpc) is 2.23. The Morgan fingerprint density at radius 3 is 2.57 bits per heavy atom. The zero-order chi connectivity index (χ0) is 9.80. The highest BCUT2D eigenvalue weighted by Gasteiger charge is 2.00. The second kappa shape index (κ2) is 4.16. The first-order chi connectivity index (χ1) is 6.86. The summed E-state index contributed by atoms with van der Waals surface area (Å²) >= 11 is 5.93. The summed E-state index contributed by atoms with van der Waals surface area (Å²) in [6.07, 6.45) is 0. The number of hydrogen-bond acceptors (Lipinski definition) is 1. The van der Waals surface area contributed by atoms with Crippen molar-refractivity contribution in [3.63, 3.8) is 0 Å². The molecule has 2 heteroatoms. The molecule has 0 unspecified atom stereocenters. The fraction of sp³-hybridized carbons (Fsp3) is 0. The molecule has 0 saturated heterocycles. The van der Waals surface area contributed by atoms with E-state index in [-0.39, 0.29) is 0 Å². The summed E-state index contributed by atoms with van der Waals surface area (Å²) < 4.78 is 5.55. The molecule has 0 atom stereocenters. The quantitative estimate of drug-likeness (QED) is 0.719. The standard InChI is InChI=1S/C12H8ClO/c13-11-8-4-5-9-12(11)14-10-6-2-1-3-7-10/h1-4,6-9H. The molecule has 0 saturated carbocycles. The van der Waals surface area contributed by atoms with Gasteiger partial charge in [-0.15, -0.1) is 0 Å². The normalized spacial score (nSPS) is 9.79. The Hall–Kier alpha value is -1.47. The summed E-state index contributed by atoms with van der Waals surface area (Å²) in [5.74, 6) is 1.40. The maximum atomic E-state index is 5.93. The van der Waals surface area contributed by atoms with Crippen LogP contribution >= 0.6 is 11.6 Å². The van der Waals surface area contributed by atoms with Gasteiger partial charge in [0.1, 0.15) is 11.5 Å². The van der Waals surface area contributed by atoms with Crippen LogP contribution in [0.1, 0.15) is 0 Å². The molecular weight excluding hydrogens is 196 g/mol. The molecule has 2 aromatic rings. The monoisotopic (exact) mass is 203 g/mol. The van der Waals surface area contributed by atoms with Crippen LogP contribution in [0.5, 0.6) is 11.5 Å². The van der Waals surface area contributed by atoms with Gasteiger partial charge in [0.05, 0.1) is 5.02 Å². The van der Waals surface area contributed by atoms with Crippen LogP contribution in [-0.4, -0.2) is 0 Å². The molecule has 0 fully saturated rings. The molecule has 0 bridgehead atoms. The SMILES string of the molecule is Clc1cc[c]cc1Oc1ccccc1. The molecule has 0 aliphatic carbocycles. The molecule has 69 valence electrons. The van der Waals surface area contributed by atoms with E-state index in [0.717, 1.165) is 5.75 Å². The average molecular weight is 204 g/mol. The lowest BCUT2D eigenvalue weighted by Gasteiger charge is -2.05. The van der Waals surface area contributed by atoms with Crippen molar-refractivity contribution in [2.24, 2.45) is 0 Å². The van der Waals surface area contributed by atoms with Gasteiger partial charge in [0.25, 0.3) is 0 Å². The van der Waals surface area contributed by atoms with Crippen LogP contribution in [0.25, 0.3) is 0 Å². The second-order valence-corrected chi connectivity index (χ2v) is 3.18. The van der Waals surface area contributed by atoms with Gasteiger partial charge in [0.2, 0.25) is 0 Å². The highest BCUT2D eigenvalue weighted by atomic mass is 35.5. The van der Waals surface area contributed by atoms with Gasteiger partial charge in [0, 0.05) is 0 Å². The third-order valence-corrected chi connectivity index (χ3v) is 2.06. The van der Waals surface area contributed by atoms with E-state index >= 15 is 0 Å². The number of halogens is 1. The van der Waals surface area contributed by atoms with E-state index in [1.165, 1.54) is 0 Å². The molecule has 0 aliphatic rings. The minimum atomic E-state index is 0.590. The van der Waals surface area contributed by atoms with E-state index < -0.39 is 0 Å². The second-order valence-electron chi connectivity index (χ2n) is 2.77. The molecule has 0 amide bonds. The Kier molecular flexibility index (Phi) is 2.70. The van der Waals surface area contributed by atoms with Crippen LogP contribution in [0.3, 0.4) is 0 Å². The zero-order valence-corrected chi connectivity index (χ0v) is 8.16. The summed E-state index contributed by atoms with van der Waals surface area (Å²) in [6.45, 7) is 0. The lowest BCUT2D eigenvalue weighted by molar-refractivity contribution is 0.483. The van der Waals surface area contributed by atoms with Crippen molar-refractivity contribution in [2.45, 2.75) is 0 Å². The van der Waals surface area contributed by atoms with Gasteiger partial charge >= 0.3 is 0 Å². The van der Waals surface area contributed by atoms with E-state index in [1.54, 1.807) is 18.2 Å². The smallest absolute Gasteiger partial charge is 0.146 e. The number of para-hydroxylation sites is 1. The Bertz CT molecular complexity index is 412. The molecule has 1 nitrogen and oxygen atoms in total. The Morgan fingerprint density at radius 1 is 1.07 bits per heavy atom. The van der Waals surface area contributed by atoms with Gasteiger partial charge in [-0.1, -0.05) is 35.9 Å². The Labute approximate surface area is 87.9 Å². The minimum Gasteiger partial charge on any atom is -0.456 e. The molecule has 14 heavy (non-hydrogen) atoms. The highest BCUT2D eigenvalue weighted by molar-refractivity contribution is 6.32. The van der Waals surface area contributed by atoms with E-state index in [1.807, 2.05) is 30.3 Å². The van der Waals surface area contributed by atoms with Gasteiger partial charge in [0.15, 0.2) is 0 Å². The van der Waals surface area contributed by atoms with E-state index in [9.17, 15) is 0 Å². The summed E-state index contributed by atoms with van der Waals surface area (Å²) in [5.41, 5.74) is 0. The Morgan fingerprint density at radius 2 is 1.86 bits per heavy atom. The summed E-state index contributed by atoms with van der Waals surface area (Å²) in [7, 11) is 0. The fourth-order valence-corrected chi connectivity index (χ4v) is 1.25. The van der Waals surface area contributed by atoms with Crippen LogP contribution in [0.2, 0.25) is 5.02 Å². The summed E-state index contributed by atoms with van der Waals surface area (Å²) in [6, 6.07) is 17.6.